The van der Waals surface area contributed by atoms with Gasteiger partial charge in [0.2, 0.25) is 0 Å². The first kappa shape index (κ1) is 11.4. The van der Waals surface area contributed by atoms with Crippen LogP contribution in [0.3, 0.4) is 0 Å². The number of nitrogens with one attached hydrogen (secondary N) is 1. The lowest BCUT2D eigenvalue weighted by molar-refractivity contribution is 0.580. The Morgan fingerprint density at radius 2 is 2.12 bits per heavy atom. The molecule has 1 nitrogen and oxygen atoms in total. The summed E-state index contributed by atoms with van der Waals surface area (Å²) in [7, 11) is 0. The summed E-state index contributed by atoms with van der Waals surface area (Å²) >= 11 is 0. The van der Waals surface area contributed by atoms with Crippen molar-refractivity contribution in [1.82, 2.24) is 5.32 Å². The summed E-state index contributed by atoms with van der Waals surface area (Å²) in [6, 6.07) is 11.3. The highest BCUT2D eigenvalue weighted by molar-refractivity contribution is 5.54. The lowest BCUT2D eigenvalue weighted by Gasteiger charge is -2.11. The number of hydrogen-bond donors (Lipinski definition) is 1. The van der Waals surface area contributed by atoms with Crippen LogP contribution in [-0.4, -0.2) is 12.6 Å². The molecule has 0 radical (unpaired) electrons. The Kier molecular flexibility index (Phi) is 4.17. The molecule has 1 saturated heterocycles. The van der Waals surface area contributed by atoms with Gasteiger partial charge in [-0.15, -0.1) is 0 Å². The minimum absolute atomic E-state index is 0.625. The summed E-state index contributed by atoms with van der Waals surface area (Å²) in [6.45, 7) is 3.41. The number of rotatable bonds is 4. The Hall–Kier alpha value is -1.08. The molecule has 1 aliphatic heterocycles. The highest BCUT2D eigenvalue weighted by atomic mass is 14.9. The van der Waals surface area contributed by atoms with Crippen molar-refractivity contribution in [2.45, 2.75) is 38.6 Å². The molecule has 1 fully saturated rings. The molecule has 1 atom stereocenters. The average molecular weight is 215 g/mol. The smallest absolute Gasteiger partial charge is 0.0283 e. The van der Waals surface area contributed by atoms with Crippen molar-refractivity contribution in [2.24, 2.45) is 0 Å². The van der Waals surface area contributed by atoms with Gasteiger partial charge < -0.3 is 5.32 Å². The van der Waals surface area contributed by atoms with Gasteiger partial charge in [0.05, 0.1) is 0 Å². The van der Waals surface area contributed by atoms with Crippen molar-refractivity contribution in [1.29, 1.82) is 0 Å². The normalized spacial score (nSPS) is 22.8. The van der Waals surface area contributed by atoms with E-state index in [2.05, 4.69) is 48.6 Å². The second-order valence-corrected chi connectivity index (χ2v) is 4.53. The Balaban J connectivity index is 2.04. The van der Waals surface area contributed by atoms with Gasteiger partial charge in [-0.2, -0.15) is 0 Å². The molecule has 0 aromatic heterocycles. The molecule has 1 heteroatoms. The van der Waals surface area contributed by atoms with E-state index in [1.54, 1.807) is 5.57 Å². The molecule has 2 rings (SSSR count). The van der Waals surface area contributed by atoms with Gasteiger partial charge in [0.15, 0.2) is 0 Å². The molecule has 0 saturated carbocycles. The van der Waals surface area contributed by atoms with Crippen LogP contribution < -0.4 is 5.32 Å². The summed E-state index contributed by atoms with van der Waals surface area (Å²) < 4.78 is 0. The van der Waals surface area contributed by atoms with Crippen molar-refractivity contribution < 1.29 is 0 Å². The van der Waals surface area contributed by atoms with E-state index in [4.69, 9.17) is 0 Å². The first-order chi connectivity index (χ1) is 7.90. The highest BCUT2D eigenvalue weighted by Gasteiger charge is 2.18. The third-order valence-corrected chi connectivity index (χ3v) is 3.25. The molecule has 1 N–H and O–H groups in total. The summed E-state index contributed by atoms with van der Waals surface area (Å²) in [5, 5.41) is 3.59. The quantitative estimate of drug-likeness (QED) is 0.809. The van der Waals surface area contributed by atoms with E-state index in [0.717, 1.165) is 6.54 Å². The van der Waals surface area contributed by atoms with E-state index in [1.165, 1.54) is 31.2 Å². The van der Waals surface area contributed by atoms with Gasteiger partial charge in [0.25, 0.3) is 0 Å². The SMILES string of the molecule is CCCCC1NCC/C1=C/c1ccccc1. The molecule has 1 heterocycles. The Morgan fingerprint density at radius 1 is 1.31 bits per heavy atom. The van der Waals surface area contributed by atoms with E-state index in [0.29, 0.717) is 6.04 Å². The molecular weight excluding hydrogens is 194 g/mol. The fraction of sp³-hybridized carbons (Fsp3) is 0.467. The van der Waals surface area contributed by atoms with Gasteiger partial charge in [-0.1, -0.05) is 61.7 Å². The second-order valence-electron chi connectivity index (χ2n) is 4.53. The maximum absolute atomic E-state index is 3.59. The lowest BCUT2D eigenvalue weighted by atomic mass is 10.0. The van der Waals surface area contributed by atoms with Crippen LogP contribution >= 0.6 is 0 Å². The molecule has 1 unspecified atom stereocenters. The standard InChI is InChI=1S/C15H21N/c1-2-3-9-15-14(10-11-16-15)12-13-7-5-4-6-8-13/h4-8,12,15-16H,2-3,9-11H2,1H3/b14-12-. The minimum atomic E-state index is 0.625. The summed E-state index contributed by atoms with van der Waals surface area (Å²) in [4.78, 5) is 0. The van der Waals surface area contributed by atoms with E-state index in [-0.39, 0.29) is 0 Å². The van der Waals surface area contributed by atoms with Crippen LogP contribution in [0.25, 0.3) is 6.08 Å². The highest BCUT2D eigenvalue weighted by Crippen LogP contribution is 2.21. The monoisotopic (exact) mass is 215 g/mol. The predicted molar refractivity (Wildman–Crippen MR) is 70.4 cm³/mol. The predicted octanol–water partition coefficient (Wildman–Crippen LogP) is 3.62. The molecule has 0 spiro atoms. The van der Waals surface area contributed by atoms with Crippen molar-refractivity contribution in [2.75, 3.05) is 6.54 Å². The first-order valence-corrected chi connectivity index (χ1v) is 6.39. The second kappa shape index (κ2) is 5.86. The molecule has 0 bridgehead atoms. The molecule has 0 amide bonds. The third kappa shape index (κ3) is 2.96. The maximum Gasteiger partial charge on any atom is 0.0283 e. The zero-order valence-corrected chi connectivity index (χ0v) is 10.1. The van der Waals surface area contributed by atoms with Gasteiger partial charge in [-0.3, -0.25) is 0 Å². The Bertz CT molecular complexity index is 340. The van der Waals surface area contributed by atoms with E-state index < -0.39 is 0 Å². The zero-order valence-electron chi connectivity index (χ0n) is 10.1. The minimum Gasteiger partial charge on any atom is -0.310 e. The van der Waals surface area contributed by atoms with Crippen molar-refractivity contribution in [3.8, 4) is 0 Å². The summed E-state index contributed by atoms with van der Waals surface area (Å²) in [5.74, 6) is 0. The van der Waals surface area contributed by atoms with Gasteiger partial charge in [-0.05, 0) is 24.9 Å². The van der Waals surface area contributed by atoms with Crippen LogP contribution in [0.2, 0.25) is 0 Å². The fourth-order valence-electron chi connectivity index (χ4n) is 2.33. The average Bonchev–Trinajstić information content (AvgIpc) is 2.75. The van der Waals surface area contributed by atoms with Crippen LogP contribution in [0.5, 0.6) is 0 Å². The number of benzene rings is 1. The van der Waals surface area contributed by atoms with Crippen molar-refractivity contribution in [3.63, 3.8) is 0 Å². The maximum atomic E-state index is 3.59. The van der Waals surface area contributed by atoms with E-state index in [1.807, 2.05) is 0 Å². The van der Waals surface area contributed by atoms with Gasteiger partial charge >= 0.3 is 0 Å². The van der Waals surface area contributed by atoms with Gasteiger partial charge in [-0.25, -0.2) is 0 Å². The molecule has 1 aromatic rings. The Labute approximate surface area is 98.6 Å². The third-order valence-electron chi connectivity index (χ3n) is 3.25. The zero-order chi connectivity index (χ0) is 11.2. The Morgan fingerprint density at radius 3 is 2.88 bits per heavy atom. The molecule has 86 valence electrons. The first-order valence-electron chi connectivity index (χ1n) is 6.39. The van der Waals surface area contributed by atoms with Crippen LogP contribution in [0, 0.1) is 0 Å². The molecule has 0 aliphatic carbocycles. The largest absolute Gasteiger partial charge is 0.310 e. The summed E-state index contributed by atoms with van der Waals surface area (Å²) in [6.07, 6.45) is 7.47. The molecule has 1 aliphatic rings. The van der Waals surface area contributed by atoms with Crippen LogP contribution in [-0.2, 0) is 0 Å². The van der Waals surface area contributed by atoms with Crippen molar-refractivity contribution in [3.05, 3.63) is 41.5 Å². The van der Waals surface area contributed by atoms with Crippen LogP contribution in [0.4, 0.5) is 0 Å². The lowest BCUT2D eigenvalue weighted by Crippen LogP contribution is -2.22. The van der Waals surface area contributed by atoms with Gasteiger partial charge in [0.1, 0.15) is 0 Å². The number of unbranched alkanes of at least 4 members (excludes halogenated alkanes) is 1. The molecular formula is C15H21N. The van der Waals surface area contributed by atoms with E-state index >= 15 is 0 Å². The topological polar surface area (TPSA) is 12.0 Å². The van der Waals surface area contributed by atoms with Crippen LogP contribution in [0.15, 0.2) is 35.9 Å². The number of hydrogen-bond acceptors (Lipinski definition) is 1. The van der Waals surface area contributed by atoms with E-state index in [9.17, 15) is 0 Å². The van der Waals surface area contributed by atoms with Crippen LogP contribution in [0.1, 0.15) is 38.2 Å². The molecule has 16 heavy (non-hydrogen) atoms. The van der Waals surface area contributed by atoms with Gasteiger partial charge in [0, 0.05) is 6.04 Å². The fourth-order valence-corrected chi connectivity index (χ4v) is 2.33. The molecule has 1 aromatic carbocycles. The summed E-state index contributed by atoms with van der Waals surface area (Å²) in [5.41, 5.74) is 2.92. The van der Waals surface area contributed by atoms with Crippen molar-refractivity contribution >= 4 is 6.08 Å².